The third-order valence-corrected chi connectivity index (χ3v) is 4.18. The third kappa shape index (κ3) is 2.26. The highest BCUT2D eigenvalue weighted by molar-refractivity contribution is 7.13. The SMILES string of the molecule is Cc1cccc(-c2nc(C3CCNC3)cs2)c1. The van der Waals surface area contributed by atoms with Crippen LogP contribution in [0.25, 0.3) is 10.6 Å². The van der Waals surface area contributed by atoms with Crippen molar-refractivity contribution < 1.29 is 0 Å². The lowest BCUT2D eigenvalue weighted by Crippen LogP contribution is -2.08. The molecule has 2 heterocycles. The molecule has 88 valence electrons. The van der Waals surface area contributed by atoms with Gasteiger partial charge in [0.1, 0.15) is 5.01 Å². The molecular weight excluding hydrogens is 228 g/mol. The smallest absolute Gasteiger partial charge is 0.123 e. The van der Waals surface area contributed by atoms with Gasteiger partial charge >= 0.3 is 0 Å². The molecule has 0 saturated carbocycles. The van der Waals surface area contributed by atoms with Crippen LogP contribution in [0.15, 0.2) is 29.6 Å². The van der Waals surface area contributed by atoms with Crippen LogP contribution in [0.1, 0.15) is 23.6 Å². The van der Waals surface area contributed by atoms with Gasteiger partial charge in [-0.25, -0.2) is 4.98 Å². The number of nitrogens with one attached hydrogen (secondary N) is 1. The molecule has 1 aliphatic heterocycles. The summed E-state index contributed by atoms with van der Waals surface area (Å²) < 4.78 is 0. The fourth-order valence-electron chi connectivity index (χ4n) is 2.29. The molecular formula is C14H16N2S. The lowest BCUT2D eigenvalue weighted by molar-refractivity contribution is 0.742. The molecule has 2 nitrogen and oxygen atoms in total. The lowest BCUT2D eigenvalue weighted by atomic mass is 10.1. The summed E-state index contributed by atoms with van der Waals surface area (Å²) in [5.74, 6) is 0.616. The zero-order valence-corrected chi connectivity index (χ0v) is 10.8. The highest BCUT2D eigenvalue weighted by Gasteiger charge is 2.19. The Morgan fingerprint density at radius 1 is 1.41 bits per heavy atom. The minimum absolute atomic E-state index is 0.616. The molecule has 2 aromatic rings. The lowest BCUT2D eigenvalue weighted by Gasteiger charge is -2.02. The minimum atomic E-state index is 0.616. The van der Waals surface area contributed by atoms with Crippen molar-refractivity contribution in [3.8, 4) is 10.6 Å². The van der Waals surface area contributed by atoms with Crippen LogP contribution in [0.3, 0.4) is 0 Å². The van der Waals surface area contributed by atoms with Gasteiger partial charge in [-0.3, -0.25) is 0 Å². The van der Waals surface area contributed by atoms with Crippen molar-refractivity contribution in [2.24, 2.45) is 0 Å². The number of rotatable bonds is 2. The second-order valence-electron chi connectivity index (χ2n) is 4.64. The van der Waals surface area contributed by atoms with E-state index in [0.29, 0.717) is 5.92 Å². The zero-order valence-electron chi connectivity index (χ0n) is 9.94. The average molecular weight is 244 g/mol. The van der Waals surface area contributed by atoms with Gasteiger partial charge in [-0.2, -0.15) is 0 Å². The van der Waals surface area contributed by atoms with E-state index < -0.39 is 0 Å². The second kappa shape index (κ2) is 4.59. The summed E-state index contributed by atoms with van der Waals surface area (Å²) in [6.07, 6.45) is 1.22. The maximum Gasteiger partial charge on any atom is 0.123 e. The van der Waals surface area contributed by atoms with E-state index >= 15 is 0 Å². The Labute approximate surface area is 106 Å². The highest BCUT2D eigenvalue weighted by atomic mass is 32.1. The average Bonchev–Trinajstić information content (AvgIpc) is 3.00. The van der Waals surface area contributed by atoms with Crippen molar-refractivity contribution in [2.45, 2.75) is 19.3 Å². The topological polar surface area (TPSA) is 24.9 Å². The number of hydrogen-bond donors (Lipinski definition) is 1. The summed E-state index contributed by atoms with van der Waals surface area (Å²) in [6, 6.07) is 8.57. The number of aryl methyl sites for hydroxylation is 1. The van der Waals surface area contributed by atoms with E-state index in [1.807, 2.05) is 0 Å². The van der Waals surface area contributed by atoms with Crippen molar-refractivity contribution >= 4 is 11.3 Å². The standard InChI is InChI=1S/C14H16N2S/c1-10-3-2-4-11(7-10)14-16-13(9-17-14)12-5-6-15-8-12/h2-4,7,9,12,15H,5-6,8H2,1H3. The molecule has 1 aromatic heterocycles. The second-order valence-corrected chi connectivity index (χ2v) is 5.49. The van der Waals surface area contributed by atoms with E-state index in [9.17, 15) is 0 Å². The van der Waals surface area contributed by atoms with Gasteiger partial charge in [0.05, 0.1) is 5.69 Å². The number of aromatic nitrogens is 1. The molecule has 3 rings (SSSR count). The molecule has 0 spiro atoms. The Morgan fingerprint density at radius 2 is 2.35 bits per heavy atom. The number of benzene rings is 1. The largest absolute Gasteiger partial charge is 0.316 e. The quantitative estimate of drug-likeness (QED) is 0.877. The molecule has 1 atom stereocenters. The molecule has 1 aromatic carbocycles. The van der Waals surface area contributed by atoms with E-state index in [2.05, 4.69) is 41.9 Å². The van der Waals surface area contributed by atoms with E-state index in [1.54, 1.807) is 11.3 Å². The van der Waals surface area contributed by atoms with Gasteiger partial charge in [-0.1, -0.05) is 23.8 Å². The Kier molecular flexibility index (Phi) is 2.95. The van der Waals surface area contributed by atoms with Gasteiger partial charge in [-0.05, 0) is 26.0 Å². The van der Waals surface area contributed by atoms with Crippen LogP contribution in [0.5, 0.6) is 0 Å². The first kappa shape index (κ1) is 10.9. The Bertz CT molecular complexity index is 512. The van der Waals surface area contributed by atoms with Gasteiger partial charge in [0.15, 0.2) is 0 Å². The van der Waals surface area contributed by atoms with Crippen LogP contribution in [0.4, 0.5) is 0 Å². The summed E-state index contributed by atoms with van der Waals surface area (Å²) in [5, 5.41) is 6.76. The molecule has 0 bridgehead atoms. The molecule has 0 amide bonds. The molecule has 1 unspecified atom stereocenters. The van der Waals surface area contributed by atoms with Gasteiger partial charge in [-0.15, -0.1) is 11.3 Å². The maximum atomic E-state index is 4.78. The molecule has 0 aliphatic carbocycles. The van der Waals surface area contributed by atoms with E-state index in [4.69, 9.17) is 4.98 Å². The van der Waals surface area contributed by atoms with Gasteiger partial charge in [0, 0.05) is 23.4 Å². The molecule has 1 N–H and O–H groups in total. The van der Waals surface area contributed by atoms with Crippen molar-refractivity contribution in [1.29, 1.82) is 0 Å². The van der Waals surface area contributed by atoms with Crippen LogP contribution < -0.4 is 5.32 Å². The fourth-order valence-corrected chi connectivity index (χ4v) is 3.19. The Morgan fingerprint density at radius 3 is 3.12 bits per heavy atom. The summed E-state index contributed by atoms with van der Waals surface area (Å²) in [5.41, 5.74) is 3.80. The fraction of sp³-hybridized carbons (Fsp3) is 0.357. The molecule has 3 heteroatoms. The number of nitrogens with zero attached hydrogens (tertiary/aromatic N) is 1. The maximum absolute atomic E-state index is 4.78. The van der Waals surface area contributed by atoms with Crippen molar-refractivity contribution in [3.05, 3.63) is 40.9 Å². The van der Waals surface area contributed by atoms with E-state index in [-0.39, 0.29) is 0 Å². The Hall–Kier alpha value is -1.19. The highest BCUT2D eigenvalue weighted by Crippen LogP contribution is 2.29. The molecule has 1 saturated heterocycles. The van der Waals surface area contributed by atoms with Crippen LogP contribution in [-0.4, -0.2) is 18.1 Å². The summed E-state index contributed by atoms with van der Waals surface area (Å²) in [4.78, 5) is 4.78. The third-order valence-electron chi connectivity index (χ3n) is 3.27. The predicted octanol–water partition coefficient (Wildman–Crippen LogP) is 3.20. The zero-order chi connectivity index (χ0) is 11.7. The Balaban J connectivity index is 1.89. The van der Waals surface area contributed by atoms with Crippen molar-refractivity contribution in [2.75, 3.05) is 13.1 Å². The normalized spacial score (nSPS) is 19.7. The van der Waals surface area contributed by atoms with Crippen molar-refractivity contribution in [3.63, 3.8) is 0 Å². The molecule has 1 fully saturated rings. The molecule has 0 radical (unpaired) electrons. The van der Waals surface area contributed by atoms with Crippen LogP contribution in [0.2, 0.25) is 0 Å². The summed E-state index contributed by atoms with van der Waals surface area (Å²) >= 11 is 1.76. The summed E-state index contributed by atoms with van der Waals surface area (Å²) in [7, 11) is 0. The minimum Gasteiger partial charge on any atom is -0.316 e. The first-order valence-corrected chi connectivity index (χ1v) is 6.94. The van der Waals surface area contributed by atoms with E-state index in [0.717, 1.165) is 18.1 Å². The van der Waals surface area contributed by atoms with Crippen molar-refractivity contribution in [1.82, 2.24) is 10.3 Å². The number of hydrogen-bond acceptors (Lipinski definition) is 3. The predicted molar refractivity (Wildman–Crippen MR) is 72.5 cm³/mol. The van der Waals surface area contributed by atoms with Crippen LogP contribution >= 0.6 is 11.3 Å². The van der Waals surface area contributed by atoms with Gasteiger partial charge in [0.25, 0.3) is 0 Å². The van der Waals surface area contributed by atoms with Gasteiger partial charge in [0.2, 0.25) is 0 Å². The first-order valence-electron chi connectivity index (χ1n) is 6.06. The van der Waals surface area contributed by atoms with Crippen LogP contribution in [-0.2, 0) is 0 Å². The van der Waals surface area contributed by atoms with Gasteiger partial charge < -0.3 is 5.32 Å². The monoisotopic (exact) mass is 244 g/mol. The first-order chi connectivity index (χ1) is 8.33. The molecule has 17 heavy (non-hydrogen) atoms. The molecule has 1 aliphatic rings. The summed E-state index contributed by atoms with van der Waals surface area (Å²) in [6.45, 7) is 4.33. The number of thiazole rings is 1. The van der Waals surface area contributed by atoms with Crippen LogP contribution in [0, 0.1) is 6.92 Å². The van der Waals surface area contributed by atoms with E-state index in [1.165, 1.54) is 23.2 Å².